The standard InChI is InChI=1S/C17H15N3O5/c1-23-13-8-6-12(7-9-13)20-15(17(22)25-19-20)16(21)18-11-4-3-5-14(10-11)24-2/h3-10H,1-2H3,(H-,18,19,21,22). The lowest BCUT2D eigenvalue weighted by molar-refractivity contribution is -0.673. The van der Waals surface area contributed by atoms with Crippen LogP contribution in [0.5, 0.6) is 11.5 Å². The van der Waals surface area contributed by atoms with Gasteiger partial charge in [-0.05, 0) is 34.2 Å². The van der Waals surface area contributed by atoms with E-state index < -0.39 is 11.5 Å². The van der Waals surface area contributed by atoms with Crippen molar-refractivity contribution in [2.45, 2.75) is 0 Å². The summed E-state index contributed by atoms with van der Waals surface area (Å²) in [7, 11) is 3.06. The van der Waals surface area contributed by atoms with Crippen LogP contribution in [0, 0.1) is 0 Å². The van der Waals surface area contributed by atoms with Crippen molar-refractivity contribution in [1.82, 2.24) is 5.27 Å². The topological polar surface area (TPSA) is 104 Å². The number of nitrogens with zero attached hydrogens (tertiary/aromatic N) is 2. The van der Waals surface area contributed by atoms with Gasteiger partial charge in [0.1, 0.15) is 11.5 Å². The van der Waals surface area contributed by atoms with Crippen LogP contribution in [0.2, 0.25) is 0 Å². The highest BCUT2D eigenvalue weighted by Gasteiger charge is 2.23. The van der Waals surface area contributed by atoms with Crippen molar-refractivity contribution in [1.29, 1.82) is 0 Å². The lowest BCUT2D eigenvalue weighted by atomic mass is 10.3. The van der Waals surface area contributed by atoms with Crippen LogP contribution in [0.3, 0.4) is 0 Å². The van der Waals surface area contributed by atoms with Gasteiger partial charge in [-0.3, -0.25) is 9.52 Å². The summed E-state index contributed by atoms with van der Waals surface area (Å²) in [4.78, 5) is 15.9. The zero-order valence-electron chi connectivity index (χ0n) is 13.6. The minimum absolute atomic E-state index is 0.243. The van der Waals surface area contributed by atoms with Crippen molar-refractivity contribution in [3.63, 3.8) is 0 Å². The maximum absolute atomic E-state index is 12.5. The largest absolute Gasteiger partial charge is 0.854 e. The zero-order chi connectivity index (χ0) is 17.8. The molecule has 1 N–H and O–H groups in total. The summed E-state index contributed by atoms with van der Waals surface area (Å²) in [5.74, 6) is 0.460. The fourth-order valence-corrected chi connectivity index (χ4v) is 2.22. The van der Waals surface area contributed by atoms with E-state index in [1.165, 1.54) is 11.8 Å². The molecule has 0 spiro atoms. The normalized spacial score (nSPS) is 11.4. The Balaban J connectivity index is 2.03. The molecule has 3 aromatic rings. The predicted octanol–water partition coefficient (Wildman–Crippen LogP) is 0.700. The number of ether oxygens (including phenoxy) is 2. The van der Waals surface area contributed by atoms with Crippen molar-refractivity contribution >= 4 is 11.6 Å². The maximum Gasteiger partial charge on any atom is 0.436 e. The third-order valence-electron chi connectivity index (χ3n) is 3.46. The van der Waals surface area contributed by atoms with Crippen LogP contribution in [0.4, 0.5) is 5.69 Å². The lowest BCUT2D eigenvalue weighted by Gasteiger charge is -2.05. The van der Waals surface area contributed by atoms with E-state index in [4.69, 9.17) is 14.0 Å². The number of rotatable bonds is 5. The second-order valence-corrected chi connectivity index (χ2v) is 4.98. The van der Waals surface area contributed by atoms with Gasteiger partial charge in [-0.15, -0.1) is 0 Å². The van der Waals surface area contributed by atoms with Crippen molar-refractivity contribution in [3.8, 4) is 17.2 Å². The van der Waals surface area contributed by atoms with E-state index in [2.05, 4.69) is 10.3 Å². The summed E-state index contributed by atoms with van der Waals surface area (Å²) in [6.45, 7) is 0. The zero-order valence-corrected chi connectivity index (χ0v) is 13.6. The SMILES string of the molecule is COc1ccc(-[n+]2[nH]oc(=O)c2C([O-])=Nc2cccc(OC)c2)cc1. The molecule has 0 amide bonds. The number of H-pyrrole nitrogens is 1. The summed E-state index contributed by atoms with van der Waals surface area (Å²) in [6, 6.07) is 13.4. The minimum Gasteiger partial charge on any atom is -0.854 e. The average Bonchev–Trinajstić information content (AvgIpc) is 3.03. The monoisotopic (exact) mass is 341 g/mol. The molecule has 0 saturated carbocycles. The summed E-state index contributed by atoms with van der Waals surface area (Å²) in [5, 5.41) is 14.9. The van der Waals surface area contributed by atoms with Crippen LogP contribution >= 0.6 is 0 Å². The third-order valence-corrected chi connectivity index (χ3v) is 3.46. The van der Waals surface area contributed by atoms with Gasteiger partial charge >= 0.3 is 11.3 Å². The Kier molecular flexibility index (Phi) is 4.51. The van der Waals surface area contributed by atoms with E-state index in [-0.39, 0.29) is 5.69 Å². The van der Waals surface area contributed by atoms with Crippen LogP contribution in [-0.4, -0.2) is 25.4 Å². The molecule has 0 atom stereocenters. The molecular weight excluding hydrogens is 326 g/mol. The van der Waals surface area contributed by atoms with Gasteiger partial charge in [0.2, 0.25) is 5.69 Å². The molecule has 8 nitrogen and oxygen atoms in total. The van der Waals surface area contributed by atoms with E-state index in [9.17, 15) is 9.90 Å². The molecule has 0 radical (unpaired) electrons. The molecule has 1 aromatic heterocycles. The number of aromatic nitrogens is 2. The van der Waals surface area contributed by atoms with Gasteiger partial charge in [0, 0.05) is 18.2 Å². The Bertz CT molecular complexity index is 957. The number of benzene rings is 2. The number of methoxy groups -OCH3 is 2. The van der Waals surface area contributed by atoms with E-state index in [1.54, 1.807) is 55.6 Å². The molecule has 0 aliphatic heterocycles. The fraction of sp³-hybridized carbons (Fsp3) is 0.118. The first-order chi connectivity index (χ1) is 12.1. The lowest BCUT2D eigenvalue weighted by Crippen LogP contribution is -2.44. The predicted molar refractivity (Wildman–Crippen MR) is 86.6 cm³/mol. The molecule has 0 aliphatic rings. The molecule has 1 heterocycles. The average molecular weight is 341 g/mol. The fourth-order valence-electron chi connectivity index (χ4n) is 2.22. The third kappa shape index (κ3) is 3.37. The second kappa shape index (κ2) is 6.91. The Labute approximate surface area is 142 Å². The van der Waals surface area contributed by atoms with E-state index in [1.807, 2.05) is 0 Å². The van der Waals surface area contributed by atoms with Gasteiger partial charge in [0.15, 0.2) is 0 Å². The quantitative estimate of drug-likeness (QED) is 0.418. The number of nitrogens with one attached hydrogen (secondary N) is 1. The Hall–Kier alpha value is -3.55. The van der Waals surface area contributed by atoms with Crippen LogP contribution in [-0.2, 0) is 0 Å². The molecule has 0 unspecified atom stereocenters. The van der Waals surface area contributed by atoms with Gasteiger partial charge in [0.25, 0.3) is 0 Å². The van der Waals surface area contributed by atoms with E-state index in [0.717, 1.165) is 0 Å². The van der Waals surface area contributed by atoms with Crippen molar-refractivity contribution in [2.75, 3.05) is 14.2 Å². The van der Waals surface area contributed by atoms with Crippen LogP contribution in [0.1, 0.15) is 5.69 Å². The number of aromatic amines is 1. The molecule has 0 aliphatic carbocycles. The highest BCUT2D eigenvalue weighted by molar-refractivity contribution is 5.88. The molecule has 0 fully saturated rings. The number of hydrogen-bond donors (Lipinski definition) is 1. The molecule has 3 rings (SSSR count). The number of hydrogen-bond acceptors (Lipinski definition) is 6. The molecule has 128 valence electrons. The first kappa shape index (κ1) is 16.3. The van der Waals surface area contributed by atoms with Gasteiger partial charge < -0.3 is 14.6 Å². The molecule has 0 bridgehead atoms. The Morgan fingerprint density at radius 3 is 2.52 bits per heavy atom. The highest BCUT2D eigenvalue weighted by Crippen LogP contribution is 2.19. The van der Waals surface area contributed by atoms with E-state index in [0.29, 0.717) is 22.9 Å². The molecule has 2 aromatic carbocycles. The second-order valence-electron chi connectivity index (χ2n) is 4.98. The van der Waals surface area contributed by atoms with Crippen molar-refractivity contribution in [2.24, 2.45) is 4.99 Å². The van der Waals surface area contributed by atoms with Crippen LogP contribution in [0.15, 0.2) is 62.8 Å². The number of aliphatic imine (C=N–C) groups is 1. The molecule has 0 saturated heterocycles. The first-order valence-electron chi connectivity index (χ1n) is 7.30. The summed E-state index contributed by atoms with van der Waals surface area (Å²) < 4.78 is 16.2. The van der Waals surface area contributed by atoms with Gasteiger partial charge in [-0.2, -0.15) is 0 Å². The highest BCUT2D eigenvalue weighted by atomic mass is 16.5. The molecular formula is C17H15N3O5. The van der Waals surface area contributed by atoms with Gasteiger partial charge in [-0.1, -0.05) is 6.07 Å². The van der Waals surface area contributed by atoms with Gasteiger partial charge in [-0.25, -0.2) is 4.79 Å². The molecule has 8 heteroatoms. The summed E-state index contributed by atoms with van der Waals surface area (Å²) >= 11 is 0. The van der Waals surface area contributed by atoms with Gasteiger partial charge in [0.05, 0.1) is 25.8 Å². The first-order valence-corrected chi connectivity index (χ1v) is 7.30. The maximum atomic E-state index is 12.5. The van der Waals surface area contributed by atoms with E-state index >= 15 is 0 Å². The smallest absolute Gasteiger partial charge is 0.436 e. The van der Waals surface area contributed by atoms with Crippen molar-refractivity contribution in [3.05, 3.63) is 64.6 Å². The van der Waals surface area contributed by atoms with Crippen molar-refractivity contribution < 1.29 is 23.8 Å². The Morgan fingerprint density at radius 2 is 1.84 bits per heavy atom. The van der Waals surface area contributed by atoms with Crippen LogP contribution < -0.4 is 24.9 Å². The Morgan fingerprint density at radius 1 is 1.12 bits per heavy atom. The summed E-state index contributed by atoms with van der Waals surface area (Å²) in [5.41, 5.74) is -0.164. The minimum atomic E-state index is -0.813. The molecule has 25 heavy (non-hydrogen) atoms. The van der Waals surface area contributed by atoms with Crippen LogP contribution in [0.25, 0.3) is 5.69 Å². The summed E-state index contributed by atoms with van der Waals surface area (Å²) in [6.07, 6.45) is 0.